The molecule has 0 atom stereocenters. The molecule has 0 aromatic heterocycles. The van der Waals surface area contributed by atoms with Gasteiger partial charge in [0.1, 0.15) is 0 Å². The summed E-state index contributed by atoms with van der Waals surface area (Å²) in [5, 5.41) is 1.25. The second kappa shape index (κ2) is 6.68. The number of hydrogen-bond donors (Lipinski definition) is 0. The van der Waals surface area contributed by atoms with E-state index in [2.05, 4.69) is 0 Å². The standard InChI is InChI=1S/C14H8Cl4O2/c15-8-5-11(17)14(12(18)6-8)20-7-13(19)9-3-1-2-4-10(9)16/h1-6H,7H2. The number of rotatable bonds is 4. The Hall–Kier alpha value is -0.930. The lowest BCUT2D eigenvalue weighted by molar-refractivity contribution is 0.0922. The van der Waals surface area contributed by atoms with Gasteiger partial charge in [-0.3, -0.25) is 4.79 Å². The molecule has 2 rings (SSSR count). The number of ether oxygens (including phenoxy) is 1. The second-order valence-corrected chi connectivity index (χ2v) is 5.55. The van der Waals surface area contributed by atoms with E-state index in [1.807, 2.05) is 0 Å². The molecule has 2 nitrogen and oxygen atoms in total. The molecular formula is C14H8Cl4O2. The summed E-state index contributed by atoms with van der Waals surface area (Å²) in [6.45, 7) is -0.217. The van der Waals surface area contributed by atoms with Crippen LogP contribution in [0.25, 0.3) is 0 Å². The molecule has 0 bridgehead atoms. The fraction of sp³-hybridized carbons (Fsp3) is 0.0714. The lowest BCUT2D eigenvalue weighted by atomic mass is 10.1. The van der Waals surface area contributed by atoms with E-state index in [1.165, 1.54) is 12.1 Å². The molecule has 6 heteroatoms. The van der Waals surface area contributed by atoms with E-state index in [-0.39, 0.29) is 28.2 Å². The summed E-state index contributed by atoms with van der Waals surface area (Å²) < 4.78 is 5.36. The van der Waals surface area contributed by atoms with Crippen LogP contribution < -0.4 is 4.74 Å². The highest BCUT2D eigenvalue weighted by atomic mass is 35.5. The molecule has 0 unspecified atom stereocenters. The van der Waals surface area contributed by atoms with E-state index in [9.17, 15) is 4.79 Å². The molecule has 0 spiro atoms. The van der Waals surface area contributed by atoms with Crippen LogP contribution in [0.2, 0.25) is 20.1 Å². The van der Waals surface area contributed by atoms with Crippen molar-refractivity contribution >= 4 is 52.2 Å². The van der Waals surface area contributed by atoms with Crippen LogP contribution in [0.15, 0.2) is 36.4 Å². The van der Waals surface area contributed by atoms with Gasteiger partial charge in [-0.1, -0.05) is 58.5 Å². The lowest BCUT2D eigenvalue weighted by Gasteiger charge is -2.10. The maximum absolute atomic E-state index is 12.0. The van der Waals surface area contributed by atoms with Gasteiger partial charge < -0.3 is 4.74 Å². The fourth-order valence-electron chi connectivity index (χ4n) is 1.57. The summed E-state index contributed by atoms with van der Waals surface area (Å²) >= 11 is 23.7. The Morgan fingerprint density at radius 2 is 1.55 bits per heavy atom. The maximum atomic E-state index is 12.0. The van der Waals surface area contributed by atoms with Gasteiger partial charge in [0.2, 0.25) is 5.78 Å². The largest absolute Gasteiger partial charge is 0.482 e. The number of ketones is 1. The zero-order chi connectivity index (χ0) is 14.7. The molecule has 0 amide bonds. The molecule has 0 aliphatic carbocycles. The Labute approximate surface area is 136 Å². The third-order valence-corrected chi connectivity index (χ3v) is 3.59. The topological polar surface area (TPSA) is 26.3 Å². The first kappa shape index (κ1) is 15.5. The molecule has 0 aliphatic rings. The van der Waals surface area contributed by atoms with E-state index in [1.54, 1.807) is 24.3 Å². The van der Waals surface area contributed by atoms with Crippen LogP contribution in [-0.2, 0) is 0 Å². The van der Waals surface area contributed by atoms with Crippen molar-refractivity contribution in [2.75, 3.05) is 6.61 Å². The molecule has 0 heterocycles. The zero-order valence-electron chi connectivity index (χ0n) is 10.00. The summed E-state index contributed by atoms with van der Waals surface area (Å²) in [5.41, 5.74) is 0.385. The molecule has 0 saturated carbocycles. The van der Waals surface area contributed by atoms with Gasteiger partial charge in [0, 0.05) is 10.6 Å². The van der Waals surface area contributed by atoms with E-state index in [4.69, 9.17) is 51.1 Å². The van der Waals surface area contributed by atoms with Crippen molar-refractivity contribution in [1.82, 2.24) is 0 Å². The quantitative estimate of drug-likeness (QED) is 0.675. The number of halogens is 4. The van der Waals surface area contributed by atoms with Crippen LogP contribution in [0.4, 0.5) is 0 Å². The number of benzene rings is 2. The van der Waals surface area contributed by atoms with E-state index in [0.29, 0.717) is 15.6 Å². The van der Waals surface area contributed by atoms with Crippen molar-refractivity contribution in [3.8, 4) is 5.75 Å². The molecule has 0 aliphatic heterocycles. The molecule has 0 N–H and O–H groups in total. The molecule has 0 saturated heterocycles. The van der Waals surface area contributed by atoms with Crippen molar-refractivity contribution < 1.29 is 9.53 Å². The third kappa shape index (κ3) is 3.58. The van der Waals surface area contributed by atoms with Crippen LogP contribution in [0.5, 0.6) is 5.75 Å². The van der Waals surface area contributed by atoms with E-state index >= 15 is 0 Å². The summed E-state index contributed by atoms with van der Waals surface area (Å²) in [6.07, 6.45) is 0. The molecular weight excluding hydrogens is 342 g/mol. The number of carbonyl (C=O) groups excluding carboxylic acids is 1. The van der Waals surface area contributed by atoms with Crippen molar-refractivity contribution in [3.63, 3.8) is 0 Å². The highest BCUT2D eigenvalue weighted by molar-refractivity contribution is 6.40. The SMILES string of the molecule is O=C(COc1c(Cl)cc(Cl)cc1Cl)c1ccccc1Cl. The van der Waals surface area contributed by atoms with Gasteiger partial charge in [-0.05, 0) is 24.3 Å². The average Bonchev–Trinajstić information content (AvgIpc) is 2.37. The van der Waals surface area contributed by atoms with Gasteiger partial charge in [0.05, 0.1) is 15.1 Å². The summed E-state index contributed by atoms with van der Waals surface area (Å²) in [7, 11) is 0. The fourth-order valence-corrected chi connectivity index (χ4v) is 2.74. The monoisotopic (exact) mass is 348 g/mol. The molecule has 0 radical (unpaired) electrons. The molecule has 20 heavy (non-hydrogen) atoms. The number of carbonyl (C=O) groups is 1. The van der Waals surface area contributed by atoms with E-state index in [0.717, 1.165) is 0 Å². The average molecular weight is 350 g/mol. The Balaban J connectivity index is 2.14. The molecule has 2 aromatic rings. The van der Waals surface area contributed by atoms with Crippen molar-refractivity contribution in [2.45, 2.75) is 0 Å². The van der Waals surface area contributed by atoms with Gasteiger partial charge in [0.15, 0.2) is 12.4 Å². The van der Waals surface area contributed by atoms with Crippen LogP contribution in [0, 0.1) is 0 Å². The number of hydrogen-bond acceptors (Lipinski definition) is 2. The van der Waals surface area contributed by atoms with Crippen molar-refractivity contribution in [2.24, 2.45) is 0 Å². The molecule has 0 fully saturated rings. The summed E-state index contributed by atoms with van der Waals surface area (Å²) in [4.78, 5) is 12.0. The molecule has 2 aromatic carbocycles. The smallest absolute Gasteiger partial charge is 0.201 e. The normalized spacial score (nSPS) is 10.4. The first-order valence-electron chi connectivity index (χ1n) is 5.54. The maximum Gasteiger partial charge on any atom is 0.201 e. The Morgan fingerprint density at radius 3 is 2.15 bits per heavy atom. The van der Waals surface area contributed by atoms with Gasteiger partial charge >= 0.3 is 0 Å². The Bertz CT molecular complexity index is 632. The van der Waals surface area contributed by atoms with Crippen molar-refractivity contribution in [1.29, 1.82) is 0 Å². The summed E-state index contributed by atoms with van der Waals surface area (Å²) in [5.74, 6) is -0.0455. The minimum absolute atomic E-state index is 0.217. The second-order valence-electron chi connectivity index (χ2n) is 3.89. The predicted molar refractivity (Wildman–Crippen MR) is 82.7 cm³/mol. The van der Waals surface area contributed by atoms with E-state index < -0.39 is 0 Å². The van der Waals surface area contributed by atoms with Crippen LogP contribution >= 0.6 is 46.4 Å². The first-order valence-corrected chi connectivity index (χ1v) is 7.05. The van der Waals surface area contributed by atoms with Gasteiger partial charge in [-0.25, -0.2) is 0 Å². The van der Waals surface area contributed by atoms with Crippen LogP contribution in [-0.4, -0.2) is 12.4 Å². The van der Waals surface area contributed by atoms with Crippen molar-refractivity contribution in [3.05, 3.63) is 62.1 Å². The van der Waals surface area contributed by atoms with Gasteiger partial charge in [-0.2, -0.15) is 0 Å². The number of Topliss-reactive ketones (excluding diaryl/α,β-unsaturated/α-hetero) is 1. The predicted octanol–water partition coefficient (Wildman–Crippen LogP) is 5.56. The minimum Gasteiger partial charge on any atom is -0.482 e. The zero-order valence-corrected chi connectivity index (χ0v) is 13.0. The lowest BCUT2D eigenvalue weighted by Crippen LogP contribution is -2.12. The highest BCUT2D eigenvalue weighted by Crippen LogP contribution is 2.35. The van der Waals surface area contributed by atoms with Gasteiger partial charge in [-0.15, -0.1) is 0 Å². The van der Waals surface area contributed by atoms with Gasteiger partial charge in [0.25, 0.3) is 0 Å². The Morgan fingerprint density at radius 1 is 0.950 bits per heavy atom. The highest BCUT2D eigenvalue weighted by Gasteiger charge is 2.14. The summed E-state index contributed by atoms with van der Waals surface area (Å²) in [6, 6.07) is 9.71. The van der Waals surface area contributed by atoms with Crippen LogP contribution in [0.1, 0.15) is 10.4 Å². The third-order valence-electron chi connectivity index (χ3n) is 2.48. The Kier molecular flexibility index (Phi) is 5.17. The van der Waals surface area contributed by atoms with Crippen LogP contribution in [0.3, 0.4) is 0 Å². The first-order chi connectivity index (χ1) is 9.49. The minimum atomic E-state index is -0.266. The molecule has 104 valence electrons.